The molecule has 0 aliphatic rings. The highest BCUT2D eigenvalue weighted by molar-refractivity contribution is 5.36. The molecule has 0 aromatic heterocycles. The quantitative estimate of drug-likeness (QED) is 0.419. The molecule has 74 valence electrons. The third kappa shape index (κ3) is 2.48. The van der Waals surface area contributed by atoms with Gasteiger partial charge in [0.1, 0.15) is 5.75 Å². The summed E-state index contributed by atoms with van der Waals surface area (Å²) in [4.78, 5) is 9.84. The van der Waals surface area contributed by atoms with Gasteiger partial charge in [-0.05, 0) is 18.7 Å². The predicted molar refractivity (Wildman–Crippen MR) is 49.9 cm³/mol. The zero-order valence-electron chi connectivity index (χ0n) is 7.60. The Balaban J connectivity index is 2.73. The number of benzene rings is 1. The van der Waals surface area contributed by atoms with Crippen molar-refractivity contribution in [2.75, 3.05) is 7.11 Å². The van der Waals surface area contributed by atoms with Crippen LogP contribution < -0.4 is 4.74 Å². The van der Waals surface area contributed by atoms with Crippen LogP contribution in [0.5, 0.6) is 5.75 Å². The number of nitro groups is 1. The summed E-state index contributed by atoms with van der Waals surface area (Å²) in [5.74, 6) is 0.585. The summed E-state index contributed by atoms with van der Waals surface area (Å²) in [7, 11) is 1.42. The average Bonchev–Trinajstić information content (AvgIpc) is 2.18. The molecule has 1 rings (SSSR count). The van der Waals surface area contributed by atoms with Gasteiger partial charge in [0.05, 0.1) is 12.0 Å². The summed E-state index contributed by atoms with van der Waals surface area (Å²) in [6.07, 6.45) is 0. The van der Waals surface area contributed by atoms with Gasteiger partial charge in [0.15, 0.2) is 0 Å². The van der Waals surface area contributed by atoms with E-state index in [1.54, 1.807) is 0 Å². The van der Waals surface area contributed by atoms with E-state index < -0.39 is 4.92 Å². The summed E-state index contributed by atoms with van der Waals surface area (Å²) in [5, 5.41) is 10.3. The van der Waals surface area contributed by atoms with E-state index in [-0.39, 0.29) is 11.6 Å². The van der Waals surface area contributed by atoms with Crippen LogP contribution in [0.15, 0.2) is 36.8 Å². The highest BCUT2D eigenvalue weighted by Crippen LogP contribution is 2.18. The third-order valence-corrected chi connectivity index (χ3v) is 1.51. The molecule has 0 bridgehead atoms. The molecule has 0 spiro atoms. The number of hydrogen-bond acceptors (Lipinski definition) is 4. The molecule has 0 saturated carbocycles. The Hall–Kier alpha value is -2.04. The minimum Gasteiger partial charge on any atom is -0.469 e. The van der Waals surface area contributed by atoms with E-state index in [2.05, 4.69) is 11.3 Å². The predicted octanol–water partition coefficient (Wildman–Crippen LogP) is 2.09. The molecule has 0 atom stereocenters. The molecule has 0 radical (unpaired) electrons. The van der Waals surface area contributed by atoms with Crippen LogP contribution in [0.4, 0.5) is 5.69 Å². The Labute approximate surface area is 80.7 Å². The molecule has 1 aromatic rings. The van der Waals surface area contributed by atoms with Crippen molar-refractivity contribution >= 4 is 5.69 Å². The van der Waals surface area contributed by atoms with E-state index in [0.717, 1.165) is 0 Å². The highest BCUT2D eigenvalue weighted by atomic mass is 16.7. The van der Waals surface area contributed by atoms with Crippen LogP contribution in [0.2, 0.25) is 0 Å². The first kappa shape index (κ1) is 10.0. The molecule has 0 fully saturated rings. The van der Waals surface area contributed by atoms with Gasteiger partial charge in [-0.15, -0.1) is 0 Å². The van der Waals surface area contributed by atoms with Crippen LogP contribution in [-0.2, 0) is 4.74 Å². The largest absolute Gasteiger partial charge is 0.469 e. The van der Waals surface area contributed by atoms with Crippen molar-refractivity contribution in [2.24, 2.45) is 0 Å². The maximum atomic E-state index is 10.3. The van der Waals surface area contributed by atoms with Crippen molar-refractivity contribution in [3.8, 4) is 5.75 Å². The average molecular weight is 195 g/mol. The first-order valence-electron chi connectivity index (χ1n) is 3.78. The van der Waals surface area contributed by atoms with Crippen LogP contribution in [0.3, 0.4) is 0 Å². The summed E-state index contributed by atoms with van der Waals surface area (Å²) < 4.78 is 9.74. The summed E-state index contributed by atoms with van der Waals surface area (Å²) >= 11 is 0. The Morgan fingerprint density at radius 2 is 2.00 bits per heavy atom. The number of nitro benzene ring substituents is 1. The molecule has 0 amide bonds. The standard InChI is InChI=1S/C9H9NO4/c1-7(13-2)14-9-5-3-8(4-6-9)10(11)12/h3-6H,1H2,2H3. The van der Waals surface area contributed by atoms with Gasteiger partial charge in [-0.1, -0.05) is 0 Å². The third-order valence-electron chi connectivity index (χ3n) is 1.51. The zero-order valence-corrected chi connectivity index (χ0v) is 7.60. The summed E-state index contributed by atoms with van der Waals surface area (Å²) in [5.41, 5.74) is 0.0142. The van der Waals surface area contributed by atoms with Gasteiger partial charge < -0.3 is 9.47 Å². The van der Waals surface area contributed by atoms with E-state index in [0.29, 0.717) is 5.75 Å². The van der Waals surface area contributed by atoms with Gasteiger partial charge in [-0.25, -0.2) is 0 Å². The number of methoxy groups -OCH3 is 1. The number of non-ortho nitro benzene ring substituents is 1. The highest BCUT2D eigenvalue weighted by Gasteiger charge is 2.04. The van der Waals surface area contributed by atoms with E-state index in [9.17, 15) is 10.1 Å². The van der Waals surface area contributed by atoms with Crippen molar-refractivity contribution in [3.63, 3.8) is 0 Å². The second kappa shape index (κ2) is 4.27. The molecule has 1 aromatic carbocycles. The lowest BCUT2D eigenvalue weighted by Gasteiger charge is -2.05. The summed E-state index contributed by atoms with van der Waals surface area (Å²) in [6, 6.07) is 5.64. The lowest BCUT2D eigenvalue weighted by molar-refractivity contribution is -0.384. The molecule has 0 N–H and O–H groups in total. The SMILES string of the molecule is C=C(OC)Oc1ccc([N+](=O)[O-])cc1. The molecule has 0 saturated heterocycles. The topological polar surface area (TPSA) is 61.6 Å². The molecule has 5 heteroatoms. The van der Waals surface area contributed by atoms with Crippen LogP contribution in [0.1, 0.15) is 0 Å². The van der Waals surface area contributed by atoms with Gasteiger partial charge >= 0.3 is 0 Å². The zero-order chi connectivity index (χ0) is 10.6. The van der Waals surface area contributed by atoms with Gasteiger partial charge in [0.2, 0.25) is 0 Å². The summed E-state index contributed by atoms with van der Waals surface area (Å²) in [6.45, 7) is 3.45. The van der Waals surface area contributed by atoms with E-state index in [1.807, 2.05) is 0 Å². The number of nitrogens with zero attached hydrogens (tertiary/aromatic N) is 1. The minimum absolute atomic E-state index is 0.0142. The lowest BCUT2D eigenvalue weighted by Crippen LogP contribution is -1.95. The first-order chi connectivity index (χ1) is 6.63. The minimum atomic E-state index is -0.477. The van der Waals surface area contributed by atoms with Crippen LogP contribution >= 0.6 is 0 Å². The fourth-order valence-electron chi connectivity index (χ4n) is 0.809. The van der Waals surface area contributed by atoms with Gasteiger partial charge in [-0.3, -0.25) is 10.1 Å². The maximum Gasteiger partial charge on any atom is 0.276 e. The van der Waals surface area contributed by atoms with Crippen LogP contribution in [-0.4, -0.2) is 12.0 Å². The number of hydrogen-bond donors (Lipinski definition) is 0. The van der Waals surface area contributed by atoms with Gasteiger partial charge in [0.25, 0.3) is 11.6 Å². The van der Waals surface area contributed by atoms with Crippen molar-refractivity contribution < 1.29 is 14.4 Å². The Kier molecular flexibility index (Phi) is 3.06. The van der Waals surface area contributed by atoms with Crippen molar-refractivity contribution in [1.29, 1.82) is 0 Å². The Morgan fingerprint density at radius 1 is 1.43 bits per heavy atom. The molecule has 0 unspecified atom stereocenters. The smallest absolute Gasteiger partial charge is 0.276 e. The first-order valence-corrected chi connectivity index (χ1v) is 3.78. The Bertz CT molecular complexity index is 344. The monoisotopic (exact) mass is 195 g/mol. The molecular weight excluding hydrogens is 186 g/mol. The second-order valence-electron chi connectivity index (χ2n) is 2.43. The van der Waals surface area contributed by atoms with Gasteiger partial charge in [0, 0.05) is 12.1 Å². The maximum absolute atomic E-state index is 10.3. The fourth-order valence-corrected chi connectivity index (χ4v) is 0.809. The fraction of sp³-hybridized carbons (Fsp3) is 0.111. The van der Waals surface area contributed by atoms with Crippen molar-refractivity contribution in [3.05, 3.63) is 46.9 Å². The molecule has 0 heterocycles. The van der Waals surface area contributed by atoms with E-state index in [4.69, 9.17) is 4.74 Å². The van der Waals surface area contributed by atoms with Crippen LogP contribution in [0.25, 0.3) is 0 Å². The lowest BCUT2D eigenvalue weighted by atomic mass is 10.3. The van der Waals surface area contributed by atoms with Gasteiger partial charge in [-0.2, -0.15) is 0 Å². The molecule has 0 aliphatic carbocycles. The van der Waals surface area contributed by atoms with Crippen molar-refractivity contribution in [2.45, 2.75) is 0 Å². The number of ether oxygens (including phenoxy) is 2. The number of rotatable bonds is 4. The molecule has 14 heavy (non-hydrogen) atoms. The second-order valence-corrected chi connectivity index (χ2v) is 2.43. The molecule has 5 nitrogen and oxygen atoms in total. The van der Waals surface area contributed by atoms with Crippen LogP contribution in [0, 0.1) is 10.1 Å². The van der Waals surface area contributed by atoms with E-state index >= 15 is 0 Å². The molecular formula is C9H9NO4. The van der Waals surface area contributed by atoms with Crippen molar-refractivity contribution in [1.82, 2.24) is 0 Å². The van der Waals surface area contributed by atoms with E-state index in [1.165, 1.54) is 31.4 Å². The molecule has 0 aliphatic heterocycles. The Morgan fingerprint density at radius 3 is 2.43 bits per heavy atom. The normalized spacial score (nSPS) is 9.21.